The molecule has 0 aromatic heterocycles. The molecule has 3 fully saturated rings. The highest BCUT2D eigenvalue weighted by molar-refractivity contribution is 5.89. The molecule has 3 aliphatic rings. The number of likely N-dealkylation sites (tertiary alicyclic amines) is 1. The monoisotopic (exact) mass is 305 g/mol. The quantitative estimate of drug-likeness (QED) is 0.814. The lowest BCUT2D eigenvalue weighted by Crippen LogP contribution is -2.53. The molecule has 0 bridgehead atoms. The first kappa shape index (κ1) is 14.2. The van der Waals surface area contributed by atoms with E-state index in [9.17, 15) is 13.6 Å². The van der Waals surface area contributed by atoms with Crippen LogP contribution < -0.4 is 0 Å². The first-order valence-electron chi connectivity index (χ1n) is 8.30. The van der Waals surface area contributed by atoms with E-state index in [1.165, 1.54) is 18.9 Å². The number of nitrogens with zero attached hydrogens (tertiary/aromatic N) is 1. The van der Waals surface area contributed by atoms with E-state index in [1.54, 1.807) is 0 Å². The molecule has 1 heterocycles. The smallest absolute Gasteiger partial charge is 0.233 e. The van der Waals surface area contributed by atoms with Gasteiger partial charge in [0.25, 0.3) is 0 Å². The van der Waals surface area contributed by atoms with Crippen LogP contribution in [0.3, 0.4) is 0 Å². The zero-order valence-electron chi connectivity index (χ0n) is 12.7. The van der Waals surface area contributed by atoms with Crippen LogP contribution in [-0.4, -0.2) is 23.9 Å². The minimum Gasteiger partial charge on any atom is -0.342 e. The molecule has 2 aliphatic carbocycles. The van der Waals surface area contributed by atoms with Gasteiger partial charge in [0, 0.05) is 18.7 Å². The number of hydrogen-bond donors (Lipinski definition) is 0. The second-order valence-electron chi connectivity index (χ2n) is 7.35. The summed E-state index contributed by atoms with van der Waals surface area (Å²) in [6, 6.07) is 3.49. The van der Waals surface area contributed by atoms with E-state index in [1.807, 2.05) is 4.90 Å². The largest absolute Gasteiger partial charge is 0.342 e. The Balaban J connectivity index is 1.60. The molecule has 4 rings (SSSR count). The van der Waals surface area contributed by atoms with Crippen molar-refractivity contribution < 1.29 is 13.6 Å². The van der Waals surface area contributed by atoms with Gasteiger partial charge in [-0.1, -0.05) is 6.42 Å². The summed E-state index contributed by atoms with van der Waals surface area (Å²) in [4.78, 5) is 14.9. The van der Waals surface area contributed by atoms with Crippen molar-refractivity contribution in [3.63, 3.8) is 0 Å². The summed E-state index contributed by atoms with van der Waals surface area (Å²) in [6.45, 7) is 1.55. The summed E-state index contributed by atoms with van der Waals surface area (Å²) in [5.41, 5.74) is -0.0519. The first-order valence-corrected chi connectivity index (χ1v) is 8.30. The van der Waals surface area contributed by atoms with E-state index in [0.29, 0.717) is 18.3 Å². The zero-order chi connectivity index (χ0) is 15.4. The van der Waals surface area contributed by atoms with E-state index < -0.39 is 17.0 Å². The summed E-state index contributed by atoms with van der Waals surface area (Å²) in [6.07, 6.45) is 6.89. The van der Waals surface area contributed by atoms with Crippen LogP contribution in [0.5, 0.6) is 0 Å². The maximum Gasteiger partial charge on any atom is 0.233 e. The number of carbonyl (C=O) groups is 1. The second kappa shape index (κ2) is 4.77. The molecule has 22 heavy (non-hydrogen) atoms. The summed E-state index contributed by atoms with van der Waals surface area (Å²) < 4.78 is 27.8. The average Bonchev–Trinajstić information content (AvgIpc) is 3.21. The minimum absolute atomic E-state index is 0.0127. The summed E-state index contributed by atoms with van der Waals surface area (Å²) in [7, 11) is 0. The highest BCUT2D eigenvalue weighted by Crippen LogP contribution is 2.54. The number of hydrogen-bond acceptors (Lipinski definition) is 1. The van der Waals surface area contributed by atoms with Crippen LogP contribution in [0, 0.1) is 17.0 Å². The summed E-state index contributed by atoms with van der Waals surface area (Å²) >= 11 is 0. The van der Waals surface area contributed by atoms with Gasteiger partial charge >= 0.3 is 0 Å². The molecule has 0 N–H and O–H groups in total. The fourth-order valence-electron chi connectivity index (χ4n) is 4.16. The van der Waals surface area contributed by atoms with Gasteiger partial charge in [-0.2, -0.15) is 0 Å². The molecule has 0 radical (unpaired) electrons. The number of amides is 1. The van der Waals surface area contributed by atoms with E-state index in [-0.39, 0.29) is 11.5 Å². The van der Waals surface area contributed by atoms with Gasteiger partial charge < -0.3 is 4.90 Å². The average molecular weight is 305 g/mol. The Hall–Kier alpha value is -1.45. The van der Waals surface area contributed by atoms with Crippen molar-refractivity contribution >= 4 is 5.91 Å². The minimum atomic E-state index is -0.819. The lowest BCUT2D eigenvalue weighted by molar-refractivity contribution is -0.142. The highest BCUT2D eigenvalue weighted by Gasteiger charge is 2.52. The van der Waals surface area contributed by atoms with Crippen molar-refractivity contribution in [3.05, 3.63) is 35.4 Å². The number of carbonyl (C=O) groups excluding carboxylic acids is 1. The number of rotatable bonds is 2. The van der Waals surface area contributed by atoms with Crippen LogP contribution in [0.1, 0.15) is 50.5 Å². The van der Waals surface area contributed by atoms with Crippen molar-refractivity contribution in [2.75, 3.05) is 13.1 Å². The van der Waals surface area contributed by atoms with Crippen LogP contribution in [0.15, 0.2) is 18.2 Å². The fraction of sp³-hybridized carbons (Fsp3) is 0.611. The predicted octanol–water partition coefficient (Wildman–Crippen LogP) is 3.79. The Kier molecular flexibility index (Phi) is 3.07. The van der Waals surface area contributed by atoms with Crippen LogP contribution in [0.25, 0.3) is 0 Å². The lowest BCUT2D eigenvalue weighted by Gasteiger charge is -2.45. The Morgan fingerprint density at radius 2 is 1.68 bits per heavy atom. The molecule has 2 saturated carbocycles. The molecule has 4 heteroatoms. The molecule has 0 unspecified atom stereocenters. The highest BCUT2D eigenvalue weighted by atomic mass is 19.1. The SMILES string of the molecule is O=C(N1CCC2(CC1)CC2)C1(c2cc(F)ccc2F)CCC1. The molecular weight excluding hydrogens is 284 g/mol. The van der Waals surface area contributed by atoms with Gasteiger partial charge in [0.2, 0.25) is 5.91 Å². The van der Waals surface area contributed by atoms with Gasteiger partial charge in [-0.05, 0) is 62.1 Å². The van der Waals surface area contributed by atoms with Gasteiger partial charge in [-0.25, -0.2) is 8.78 Å². The lowest BCUT2D eigenvalue weighted by atomic mass is 9.63. The summed E-state index contributed by atoms with van der Waals surface area (Å²) in [5, 5.41) is 0. The molecule has 1 saturated heterocycles. The van der Waals surface area contributed by atoms with Crippen LogP contribution in [0.2, 0.25) is 0 Å². The Morgan fingerprint density at radius 1 is 1.00 bits per heavy atom. The second-order valence-corrected chi connectivity index (χ2v) is 7.35. The third-order valence-corrected chi connectivity index (χ3v) is 6.13. The summed E-state index contributed by atoms with van der Waals surface area (Å²) in [5.74, 6) is -0.907. The van der Waals surface area contributed by atoms with Gasteiger partial charge in [0.1, 0.15) is 11.6 Å². The third kappa shape index (κ3) is 2.07. The van der Waals surface area contributed by atoms with Crippen molar-refractivity contribution in [1.82, 2.24) is 4.90 Å². The van der Waals surface area contributed by atoms with Crippen LogP contribution >= 0.6 is 0 Å². The molecule has 1 aliphatic heterocycles. The molecule has 1 aromatic carbocycles. The van der Waals surface area contributed by atoms with Crippen molar-refractivity contribution in [2.24, 2.45) is 5.41 Å². The molecule has 1 spiro atoms. The molecular formula is C18H21F2NO. The molecule has 2 nitrogen and oxygen atoms in total. The van der Waals surface area contributed by atoms with E-state index in [2.05, 4.69) is 0 Å². The molecule has 118 valence electrons. The number of benzene rings is 1. The van der Waals surface area contributed by atoms with Crippen LogP contribution in [-0.2, 0) is 10.2 Å². The van der Waals surface area contributed by atoms with Crippen molar-refractivity contribution in [1.29, 1.82) is 0 Å². The van der Waals surface area contributed by atoms with Crippen molar-refractivity contribution in [2.45, 2.75) is 50.4 Å². The van der Waals surface area contributed by atoms with Crippen molar-refractivity contribution in [3.8, 4) is 0 Å². The maximum absolute atomic E-state index is 14.2. The zero-order valence-corrected chi connectivity index (χ0v) is 12.7. The Bertz CT molecular complexity index is 610. The first-order chi connectivity index (χ1) is 10.5. The Labute approximate surface area is 129 Å². The van der Waals surface area contributed by atoms with Gasteiger partial charge in [0.15, 0.2) is 0 Å². The van der Waals surface area contributed by atoms with E-state index in [0.717, 1.165) is 44.5 Å². The van der Waals surface area contributed by atoms with Gasteiger partial charge in [-0.3, -0.25) is 4.79 Å². The molecule has 1 amide bonds. The van der Waals surface area contributed by atoms with E-state index in [4.69, 9.17) is 0 Å². The topological polar surface area (TPSA) is 20.3 Å². The normalized spacial score (nSPS) is 24.9. The van der Waals surface area contributed by atoms with E-state index >= 15 is 0 Å². The number of piperidine rings is 1. The third-order valence-electron chi connectivity index (χ3n) is 6.13. The van der Waals surface area contributed by atoms with Gasteiger partial charge in [0.05, 0.1) is 5.41 Å². The molecule has 0 atom stereocenters. The standard InChI is InChI=1S/C18H21F2NO/c19-13-2-3-15(20)14(12-13)18(4-1-5-18)16(22)21-10-8-17(6-7-17)9-11-21/h2-3,12H,1,4-11H2. The number of halogens is 2. The van der Waals surface area contributed by atoms with Gasteiger partial charge in [-0.15, -0.1) is 0 Å². The maximum atomic E-state index is 14.2. The fourth-order valence-corrected chi connectivity index (χ4v) is 4.16. The molecule has 1 aromatic rings. The van der Waals surface area contributed by atoms with Crippen LogP contribution in [0.4, 0.5) is 8.78 Å². The predicted molar refractivity (Wildman–Crippen MR) is 79.4 cm³/mol. The Morgan fingerprint density at radius 3 is 2.23 bits per heavy atom.